The second kappa shape index (κ2) is 6.87. The zero-order valence-corrected chi connectivity index (χ0v) is 12.9. The minimum Gasteiger partial charge on any atom is -0.480 e. The number of nitrogens with one attached hydrogen (secondary N) is 1. The van der Waals surface area contributed by atoms with Crippen molar-refractivity contribution >= 4 is 28.5 Å². The molecule has 0 amide bonds. The Labute approximate surface area is 129 Å². The first-order valence-electron chi connectivity index (χ1n) is 6.96. The van der Waals surface area contributed by atoms with E-state index in [1.807, 2.05) is 38.1 Å². The highest BCUT2D eigenvalue weighted by atomic mass is 35.5. The van der Waals surface area contributed by atoms with Crippen LogP contribution in [0.15, 0.2) is 30.5 Å². The quantitative estimate of drug-likeness (QED) is 0.857. The number of fused-ring (bicyclic) bond motifs is 1. The van der Waals surface area contributed by atoms with Gasteiger partial charge in [0, 0.05) is 23.2 Å². The van der Waals surface area contributed by atoms with E-state index < -0.39 is 12.0 Å². The molecule has 0 fully saturated rings. The van der Waals surface area contributed by atoms with E-state index in [2.05, 4.69) is 10.3 Å². The molecule has 4 nitrogen and oxygen atoms in total. The van der Waals surface area contributed by atoms with Gasteiger partial charge in [-0.25, -0.2) is 0 Å². The van der Waals surface area contributed by atoms with E-state index in [-0.39, 0.29) is 0 Å². The van der Waals surface area contributed by atoms with Crippen molar-refractivity contribution in [2.75, 3.05) is 0 Å². The molecule has 1 unspecified atom stereocenters. The predicted octanol–water partition coefficient (Wildman–Crippen LogP) is 3.48. The molecule has 2 aromatic rings. The number of pyridine rings is 1. The molecule has 0 saturated carbocycles. The van der Waals surface area contributed by atoms with Crippen LogP contribution in [0.4, 0.5) is 0 Å². The lowest BCUT2D eigenvalue weighted by atomic mass is 10.0. The molecule has 1 aromatic heterocycles. The Balaban J connectivity index is 2.21. The van der Waals surface area contributed by atoms with Gasteiger partial charge in [-0.15, -0.1) is 0 Å². The second-order valence-electron chi connectivity index (χ2n) is 5.54. The summed E-state index contributed by atoms with van der Waals surface area (Å²) in [7, 11) is 0. The van der Waals surface area contributed by atoms with Crippen molar-refractivity contribution in [3.63, 3.8) is 0 Å². The molecule has 0 aliphatic carbocycles. The van der Waals surface area contributed by atoms with Crippen LogP contribution < -0.4 is 5.32 Å². The first kappa shape index (κ1) is 15.7. The number of halogens is 1. The van der Waals surface area contributed by atoms with E-state index in [1.54, 1.807) is 6.20 Å². The maximum absolute atomic E-state index is 11.3. The van der Waals surface area contributed by atoms with Crippen molar-refractivity contribution in [1.29, 1.82) is 0 Å². The van der Waals surface area contributed by atoms with Crippen LogP contribution in [0.3, 0.4) is 0 Å². The Hall–Kier alpha value is -1.65. The van der Waals surface area contributed by atoms with Crippen LogP contribution in [0.25, 0.3) is 10.9 Å². The van der Waals surface area contributed by atoms with Crippen molar-refractivity contribution in [3.8, 4) is 0 Å². The van der Waals surface area contributed by atoms with Crippen LogP contribution >= 0.6 is 11.6 Å². The third kappa shape index (κ3) is 4.16. The normalized spacial score (nSPS) is 12.8. The number of nitrogens with zero attached hydrogens (tertiary/aromatic N) is 1. The summed E-state index contributed by atoms with van der Waals surface area (Å²) in [6, 6.07) is 6.92. The van der Waals surface area contributed by atoms with E-state index in [0.29, 0.717) is 23.9 Å². The van der Waals surface area contributed by atoms with Crippen molar-refractivity contribution in [3.05, 3.63) is 41.0 Å². The van der Waals surface area contributed by atoms with E-state index in [1.165, 1.54) is 0 Å². The minimum absolute atomic E-state index is 0.313. The second-order valence-corrected chi connectivity index (χ2v) is 5.98. The van der Waals surface area contributed by atoms with Gasteiger partial charge in [-0.3, -0.25) is 9.78 Å². The molecule has 1 atom stereocenters. The van der Waals surface area contributed by atoms with Crippen molar-refractivity contribution in [2.45, 2.75) is 32.9 Å². The number of carbonyl (C=O) groups is 1. The molecule has 0 bridgehead atoms. The van der Waals surface area contributed by atoms with Gasteiger partial charge in [0.1, 0.15) is 6.04 Å². The molecule has 2 rings (SSSR count). The molecule has 112 valence electrons. The molecule has 0 spiro atoms. The van der Waals surface area contributed by atoms with Gasteiger partial charge in [0.2, 0.25) is 0 Å². The third-order valence-corrected chi connectivity index (χ3v) is 3.51. The summed E-state index contributed by atoms with van der Waals surface area (Å²) in [5.41, 5.74) is 1.76. The van der Waals surface area contributed by atoms with Crippen molar-refractivity contribution < 1.29 is 9.90 Å². The van der Waals surface area contributed by atoms with Crippen LogP contribution in [0, 0.1) is 5.92 Å². The molecule has 2 N–H and O–H groups in total. The van der Waals surface area contributed by atoms with Crippen molar-refractivity contribution in [2.24, 2.45) is 5.92 Å². The summed E-state index contributed by atoms with van der Waals surface area (Å²) in [5, 5.41) is 13.9. The molecule has 0 radical (unpaired) electrons. The highest BCUT2D eigenvalue weighted by molar-refractivity contribution is 6.31. The molecule has 0 aliphatic heterocycles. The number of rotatable bonds is 6. The van der Waals surface area contributed by atoms with E-state index in [4.69, 9.17) is 11.6 Å². The van der Waals surface area contributed by atoms with Gasteiger partial charge in [-0.05, 0) is 36.1 Å². The zero-order valence-electron chi connectivity index (χ0n) is 12.1. The number of hydrogen-bond acceptors (Lipinski definition) is 3. The Morgan fingerprint density at radius 2 is 2.19 bits per heavy atom. The lowest BCUT2D eigenvalue weighted by Crippen LogP contribution is -2.37. The zero-order chi connectivity index (χ0) is 15.4. The highest BCUT2D eigenvalue weighted by Crippen LogP contribution is 2.22. The number of carboxylic acid groups (broad SMARTS) is 1. The lowest BCUT2D eigenvalue weighted by Gasteiger charge is -2.17. The number of hydrogen-bond donors (Lipinski definition) is 2. The molecular weight excluding hydrogens is 288 g/mol. The molecule has 1 aromatic carbocycles. The highest BCUT2D eigenvalue weighted by Gasteiger charge is 2.18. The SMILES string of the molecule is CC(C)CC(NCc1cc(Cl)cc2cccnc12)C(=O)O. The van der Waals surface area contributed by atoms with Crippen LogP contribution in [0.5, 0.6) is 0 Å². The summed E-state index contributed by atoms with van der Waals surface area (Å²) in [6.07, 6.45) is 2.31. The van der Waals surface area contributed by atoms with Gasteiger partial charge in [0.05, 0.1) is 5.52 Å². The Bertz CT molecular complexity index is 643. The minimum atomic E-state index is -0.831. The number of aliphatic carboxylic acids is 1. The van der Waals surface area contributed by atoms with Gasteiger partial charge in [0.15, 0.2) is 0 Å². The fraction of sp³-hybridized carbons (Fsp3) is 0.375. The summed E-state index contributed by atoms with van der Waals surface area (Å²) >= 11 is 6.11. The Kier molecular flexibility index (Phi) is 5.15. The summed E-state index contributed by atoms with van der Waals surface area (Å²) in [6.45, 7) is 4.44. The Morgan fingerprint density at radius 1 is 1.43 bits per heavy atom. The average molecular weight is 307 g/mol. The molecule has 0 saturated heterocycles. The lowest BCUT2D eigenvalue weighted by molar-refractivity contribution is -0.140. The molecular formula is C16H19ClN2O2. The fourth-order valence-corrected chi connectivity index (χ4v) is 2.59. The summed E-state index contributed by atoms with van der Waals surface area (Å²) in [4.78, 5) is 15.6. The summed E-state index contributed by atoms with van der Waals surface area (Å²) in [5.74, 6) is -0.518. The average Bonchev–Trinajstić information content (AvgIpc) is 2.42. The monoisotopic (exact) mass is 306 g/mol. The first-order chi connectivity index (χ1) is 9.97. The topological polar surface area (TPSA) is 62.2 Å². The first-order valence-corrected chi connectivity index (χ1v) is 7.34. The molecule has 21 heavy (non-hydrogen) atoms. The van der Waals surface area contributed by atoms with Crippen LogP contribution in [0.2, 0.25) is 5.02 Å². The van der Waals surface area contributed by atoms with Crippen LogP contribution in [0.1, 0.15) is 25.8 Å². The fourth-order valence-electron chi connectivity index (χ4n) is 2.34. The Morgan fingerprint density at radius 3 is 2.86 bits per heavy atom. The summed E-state index contributed by atoms with van der Waals surface area (Å²) < 4.78 is 0. The van der Waals surface area contributed by atoms with Gasteiger partial charge in [-0.2, -0.15) is 0 Å². The number of aromatic nitrogens is 1. The molecule has 5 heteroatoms. The van der Waals surface area contributed by atoms with Gasteiger partial charge in [0.25, 0.3) is 0 Å². The smallest absolute Gasteiger partial charge is 0.320 e. The van der Waals surface area contributed by atoms with Crippen molar-refractivity contribution in [1.82, 2.24) is 10.3 Å². The predicted molar refractivity (Wildman–Crippen MR) is 84.5 cm³/mol. The largest absolute Gasteiger partial charge is 0.480 e. The van der Waals surface area contributed by atoms with Crippen LogP contribution in [-0.4, -0.2) is 22.1 Å². The maximum Gasteiger partial charge on any atom is 0.320 e. The van der Waals surface area contributed by atoms with Gasteiger partial charge < -0.3 is 10.4 Å². The number of carboxylic acids is 1. The van der Waals surface area contributed by atoms with Crippen LogP contribution in [-0.2, 0) is 11.3 Å². The van der Waals surface area contributed by atoms with E-state index >= 15 is 0 Å². The molecule has 0 aliphatic rings. The maximum atomic E-state index is 11.3. The van der Waals surface area contributed by atoms with E-state index in [9.17, 15) is 9.90 Å². The standard InChI is InChI=1S/C16H19ClN2O2/c1-10(2)6-14(16(20)21)19-9-12-8-13(17)7-11-4-3-5-18-15(11)12/h3-5,7-8,10,14,19H,6,9H2,1-2H3,(H,20,21). The van der Waals surface area contributed by atoms with E-state index in [0.717, 1.165) is 16.5 Å². The van der Waals surface area contributed by atoms with Gasteiger partial charge >= 0.3 is 5.97 Å². The third-order valence-electron chi connectivity index (χ3n) is 3.29. The molecule has 1 heterocycles. The van der Waals surface area contributed by atoms with Gasteiger partial charge in [-0.1, -0.05) is 31.5 Å². The number of benzene rings is 1.